The lowest BCUT2D eigenvalue weighted by Gasteiger charge is -2.26. The highest BCUT2D eigenvalue weighted by molar-refractivity contribution is 7.99. The number of benzene rings is 1. The third-order valence-corrected chi connectivity index (χ3v) is 8.07. The zero-order chi connectivity index (χ0) is 22.6. The SMILES string of the molecule is Cn1c(SCC(=O)Nc2cccc(S(=O)(=O)N3CCCCC3)c2)nnc1-c1cccnc1. The van der Waals surface area contributed by atoms with Crippen molar-refractivity contribution in [3.63, 3.8) is 0 Å². The molecule has 3 aromatic rings. The largest absolute Gasteiger partial charge is 0.325 e. The number of thioether (sulfide) groups is 1. The molecule has 1 aliphatic heterocycles. The third-order valence-electron chi connectivity index (χ3n) is 5.16. The quantitative estimate of drug-likeness (QED) is 0.527. The number of piperidine rings is 1. The first kappa shape index (κ1) is 22.4. The van der Waals surface area contributed by atoms with Crippen LogP contribution in [0, 0.1) is 0 Å². The van der Waals surface area contributed by atoms with E-state index in [0.717, 1.165) is 24.8 Å². The lowest BCUT2D eigenvalue weighted by atomic mass is 10.2. The van der Waals surface area contributed by atoms with Gasteiger partial charge in [0.05, 0.1) is 10.6 Å². The summed E-state index contributed by atoms with van der Waals surface area (Å²) in [6, 6.07) is 10.1. The van der Waals surface area contributed by atoms with Gasteiger partial charge in [-0.3, -0.25) is 9.78 Å². The number of carbonyl (C=O) groups is 1. The molecule has 9 nitrogen and oxygen atoms in total. The molecule has 32 heavy (non-hydrogen) atoms. The van der Waals surface area contributed by atoms with Crippen LogP contribution in [0.1, 0.15) is 19.3 Å². The van der Waals surface area contributed by atoms with Crippen molar-refractivity contribution < 1.29 is 13.2 Å². The molecule has 2 aromatic heterocycles. The molecule has 1 aromatic carbocycles. The fourth-order valence-corrected chi connectivity index (χ4v) is 5.78. The minimum atomic E-state index is -3.55. The summed E-state index contributed by atoms with van der Waals surface area (Å²) in [6.45, 7) is 1.07. The van der Waals surface area contributed by atoms with E-state index in [4.69, 9.17) is 0 Å². The molecule has 0 radical (unpaired) electrons. The van der Waals surface area contributed by atoms with Crippen LogP contribution in [0.25, 0.3) is 11.4 Å². The van der Waals surface area contributed by atoms with Gasteiger partial charge in [0.2, 0.25) is 15.9 Å². The van der Waals surface area contributed by atoms with Gasteiger partial charge < -0.3 is 9.88 Å². The van der Waals surface area contributed by atoms with Crippen molar-refractivity contribution in [2.24, 2.45) is 7.05 Å². The van der Waals surface area contributed by atoms with Gasteiger partial charge in [0.1, 0.15) is 0 Å². The number of amides is 1. The van der Waals surface area contributed by atoms with Crippen molar-refractivity contribution in [1.29, 1.82) is 0 Å². The Morgan fingerprint density at radius 2 is 1.94 bits per heavy atom. The van der Waals surface area contributed by atoms with E-state index in [1.807, 2.05) is 19.2 Å². The van der Waals surface area contributed by atoms with Crippen LogP contribution < -0.4 is 5.32 Å². The predicted octanol–water partition coefficient (Wildman–Crippen LogP) is 2.78. The number of hydrogen-bond acceptors (Lipinski definition) is 7. The molecule has 0 aliphatic carbocycles. The first-order valence-corrected chi connectivity index (χ1v) is 12.7. The van der Waals surface area contributed by atoms with Crippen molar-refractivity contribution >= 4 is 33.4 Å². The number of sulfonamides is 1. The fourth-order valence-electron chi connectivity index (χ4n) is 3.50. The molecule has 0 atom stereocenters. The number of anilines is 1. The van der Waals surface area contributed by atoms with E-state index in [9.17, 15) is 13.2 Å². The van der Waals surface area contributed by atoms with E-state index in [0.29, 0.717) is 29.8 Å². The summed E-state index contributed by atoms with van der Waals surface area (Å²) >= 11 is 1.25. The normalized spacial score (nSPS) is 14.9. The number of nitrogens with zero attached hydrogens (tertiary/aromatic N) is 5. The molecule has 4 rings (SSSR count). The van der Waals surface area contributed by atoms with E-state index >= 15 is 0 Å². The average molecular weight is 473 g/mol. The summed E-state index contributed by atoms with van der Waals surface area (Å²) in [5, 5.41) is 11.7. The van der Waals surface area contributed by atoms with Crippen LogP contribution in [-0.2, 0) is 21.9 Å². The number of hydrogen-bond donors (Lipinski definition) is 1. The predicted molar refractivity (Wildman–Crippen MR) is 123 cm³/mol. The summed E-state index contributed by atoms with van der Waals surface area (Å²) in [7, 11) is -1.72. The van der Waals surface area contributed by atoms with Gasteiger partial charge >= 0.3 is 0 Å². The van der Waals surface area contributed by atoms with Crippen molar-refractivity contribution in [1.82, 2.24) is 24.1 Å². The Bertz CT molecular complexity index is 1190. The standard InChI is InChI=1S/C21H24N6O3S2/c1-26-20(16-7-6-10-22-14-16)24-25-21(26)31-15-19(28)23-17-8-5-9-18(13-17)32(29,30)27-11-3-2-4-12-27/h5-10,13-14H,2-4,11-12,15H2,1H3,(H,23,28). The Balaban J connectivity index is 1.39. The Kier molecular flexibility index (Phi) is 6.87. The molecule has 1 fully saturated rings. The number of pyridine rings is 1. The van der Waals surface area contributed by atoms with Crippen LogP contribution in [0.15, 0.2) is 58.8 Å². The van der Waals surface area contributed by atoms with Crippen molar-refractivity contribution in [3.05, 3.63) is 48.8 Å². The second-order valence-corrected chi connectivity index (χ2v) is 10.3. The summed E-state index contributed by atoms with van der Waals surface area (Å²) in [6.07, 6.45) is 6.19. The van der Waals surface area contributed by atoms with Crippen LogP contribution in [-0.4, -0.2) is 57.2 Å². The van der Waals surface area contributed by atoms with Crippen molar-refractivity contribution in [2.75, 3.05) is 24.2 Å². The van der Waals surface area contributed by atoms with Gasteiger partial charge in [-0.2, -0.15) is 4.31 Å². The Morgan fingerprint density at radius 3 is 2.69 bits per heavy atom. The van der Waals surface area contributed by atoms with Crippen LogP contribution in [0.4, 0.5) is 5.69 Å². The van der Waals surface area contributed by atoms with Gasteiger partial charge in [-0.05, 0) is 43.2 Å². The first-order valence-electron chi connectivity index (χ1n) is 10.3. The highest BCUT2D eigenvalue weighted by atomic mass is 32.2. The van der Waals surface area contributed by atoms with Crippen molar-refractivity contribution in [3.8, 4) is 11.4 Å². The lowest BCUT2D eigenvalue weighted by Crippen LogP contribution is -2.35. The van der Waals surface area contributed by atoms with Crippen LogP contribution in [0.5, 0.6) is 0 Å². The first-order chi connectivity index (χ1) is 15.4. The van der Waals surface area contributed by atoms with E-state index < -0.39 is 10.0 Å². The van der Waals surface area contributed by atoms with Gasteiger partial charge in [0, 0.05) is 43.8 Å². The molecular weight excluding hydrogens is 448 g/mol. The number of nitrogens with one attached hydrogen (secondary N) is 1. The highest BCUT2D eigenvalue weighted by Gasteiger charge is 2.26. The van der Waals surface area contributed by atoms with E-state index in [1.54, 1.807) is 35.2 Å². The van der Waals surface area contributed by atoms with Gasteiger partial charge in [0.15, 0.2) is 11.0 Å². The number of carbonyl (C=O) groups excluding carboxylic acids is 1. The number of aromatic nitrogens is 4. The molecule has 3 heterocycles. The highest BCUT2D eigenvalue weighted by Crippen LogP contribution is 2.24. The zero-order valence-corrected chi connectivity index (χ0v) is 19.3. The Labute approximate surface area is 191 Å². The van der Waals surface area contributed by atoms with Gasteiger partial charge in [-0.15, -0.1) is 10.2 Å². The molecular formula is C21H24N6O3S2. The topological polar surface area (TPSA) is 110 Å². The summed E-state index contributed by atoms with van der Waals surface area (Å²) in [4.78, 5) is 16.8. The van der Waals surface area contributed by atoms with E-state index in [-0.39, 0.29) is 16.6 Å². The van der Waals surface area contributed by atoms with Crippen LogP contribution in [0.3, 0.4) is 0 Å². The monoisotopic (exact) mass is 472 g/mol. The maximum Gasteiger partial charge on any atom is 0.243 e. The van der Waals surface area contributed by atoms with E-state index in [1.165, 1.54) is 22.1 Å². The molecule has 0 spiro atoms. The third kappa shape index (κ3) is 5.00. The number of rotatable bonds is 7. The molecule has 168 valence electrons. The molecule has 0 bridgehead atoms. The molecule has 0 saturated carbocycles. The minimum absolute atomic E-state index is 0.113. The fraction of sp³-hybridized carbons (Fsp3) is 0.333. The molecule has 1 saturated heterocycles. The van der Waals surface area contributed by atoms with E-state index in [2.05, 4.69) is 20.5 Å². The van der Waals surface area contributed by atoms with Crippen LogP contribution in [0.2, 0.25) is 0 Å². The summed E-state index contributed by atoms with van der Waals surface area (Å²) in [5.41, 5.74) is 1.29. The maximum atomic E-state index is 12.9. The van der Waals surface area contributed by atoms with Crippen molar-refractivity contribution in [2.45, 2.75) is 29.3 Å². The van der Waals surface area contributed by atoms with Gasteiger partial charge in [-0.1, -0.05) is 24.2 Å². The second-order valence-electron chi connectivity index (χ2n) is 7.44. The van der Waals surface area contributed by atoms with Crippen LogP contribution >= 0.6 is 11.8 Å². The molecule has 11 heteroatoms. The lowest BCUT2D eigenvalue weighted by molar-refractivity contribution is -0.113. The maximum absolute atomic E-state index is 12.9. The molecule has 1 N–H and O–H groups in total. The summed E-state index contributed by atoms with van der Waals surface area (Å²) < 4.78 is 29.1. The Morgan fingerprint density at radius 1 is 1.12 bits per heavy atom. The smallest absolute Gasteiger partial charge is 0.243 e. The molecule has 0 unspecified atom stereocenters. The molecule has 1 amide bonds. The molecule has 1 aliphatic rings. The minimum Gasteiger partial charge on any atom is -0.325 e. The second kappa shape index (κ2) is 9.80. The van der Waals surface area contributed by atoms with Gasteiger partial charge in [-0.25, -0.2) is 8.42 Å². The summed E-state index contributed by atoms with van der Waals surface area (Å²) in [5.74, 6) is 0.521. The zero-order valence-electron chi connectivity index (χ0n) is 17.6. The Hall–Kier alpha value is -2.76. The average Bonchev–Trinajstić information content (AvgIpc) is 3.19. The van der Waals surface area contributed by atoms with Gasteiger partial charge in [0.25, 0.3) is 0 Å².